The summed E-state index contributed by atoms with van der Waals surface area (Å²) in [4.78, 5) is 22.7. The standard InChI is InChI=1S/C12H16N2O4/c1-14-8(3-5-11(13)17)12(18)7-2-4-9(15)10(16)6-7/h2,4,6,8,14-16H,3,5H2,1H3,(H2,13,17)/t8-/m0/s1. The van der Waals surface area contributed by atoms with Gasteiger partial charge in [-0.15, -0.1) is 0 Å². The molecule has 6 nitrogen and oxygen atoms in total. The Balaban J connectivity index is 2.82. The summed E-state index contributed by atoms with van der Waals surface area (Å²) in [6.07, 6.45) is 0.383. The van der Waals surface area contributed by atoms with Crippen molar-refractivity contribution in [2.45, 2.75) is 18.9 Å². The lowest BCUT2D eigenvalue weighted by atomic mass is 10.00. The second-order valence-electron chi connectivity index (χ2n) is 3.91. The van der Waals surface area contributed by atoms with Crippen LogP contribution in [0.2, 0.25) is 0 Å². The number of carbonyl (C=O) groups excluding carboxylic acids is 2. The smallest absolute Gasteiger partial charge is 0.217 e. The average Bonchev–Trinajstić information content (AvgIpc) is 2.32. The van der Waals surface area contributed by atoms with Crippen molar-refractivity contribution in [1.82, 2.24) is 5.32 Å². The number of rotatable bonds is 6. The number of hydrogen-bond acceptors (Lipinski definition) is 5. The van der Waals surface area contributed by atoms with E-state index in [4.69, 9.17) is 10.8 Å². The van der Waals surface area contributed by atoms with Gasteiger partial charge in [0.15, 0.2) is 17.3 Å². The zero-order valence-corrected chi connectivity index (χ0v) is 10.0. The van der Waals surface area contributed by atoms with Gasteiger partial charge in [0.25, 0.3) is 0 Å². The highest BCUT2D eigenvalue weighted by Gasteiger charge is 2.19. The Labute approximate surface area is 104 Å². The van der Waals surface area contributed by atoms with Gasteiger partial charge in [0.05, 0.1) is 6.04 Å². The molecule has 6 heteroatoms. The predicted octanol–water partition coefficient (Wildman–Crippen LogP) is 0.134. The quantitative estimate of drug-likeness (QED) is 0.425. The van der Waals surface area contributed by atoms with Crippen LogP contribution in [0.1, 0.15) is 23.2 Å². The summed E-state index contributed by atoms with van der Waals surface area (Å²) in [5.41, 5.74) is 5.29. The molecule has 0 aliphatic heterocycles. The molecule has 0 aliphatic rings. The van der Waals surface area contributed by atoms with Gasteiger partial charge in [-0.2, -0.15) is 0 Å². The second kappa shape index (κ2) is 6.02. The van der Waals surface area contributed by atoms with Crippen LogP contribution in [-0.2, 0) is 4.79 Å². The van der Waals surface area contributed by atoms with Crippen molar-refractivity contribution in [2.75, 3.05) is 7.05 Å². The third-order valence-corrected chi connectivity index (χ3v) is 2.60. The number of phenols is 2. The molecule has 0 spiro atoms. The van der Waals surface area contributed by atoms with E-state index in [9.17, 15) is 14.7 Å². The Kier molecular flexibility index (Phi) is 4.67. The molecule has 1 aromatic carbocycles. The summed E-state index contributed by atoms with van der Waals surface area (Å²) in [5.74, 6) is -1.39. The Morgan fingerprint density at radius 2 is 2.00 bits per heavy atom. The third kappa shape index (κ3) is 3.46. The van der Waals surface area contributed by atoms with E-state index < -0.39 is 11.9 Å². The van der Waals surface area contributed by atoms with Gasteiger partial charge in [-0.25, -0.2) is 0 Å². The molecule has 0 heterocycles. The second-order valence-corrected chi connectivity index (χ2v) is 3.91. The molecular weight excluding hydrogens is 236 g/mol. The maximum atomic E-state index is 12.0. The number of carbonyl (C=O) groups is 2. The SMILES string of the molecule is CN[C@@H](CCC(N)=O)C(=O)c1ccc(O)c(O)c1. The Bertz CT molecular complexity index is 459. The summed E-state index contributed by atoms with van der Waals surface area (Å²) < 4.78 is 0. The van der Waals surface area contributed by atoms with Crippen LogP contribution in [0, 0.1) is 0 Å². The number of nitrogens with one attached hydrogen (secondary N) is 1. The molecular formula is C12H16N2O4. The summed E-state index contributed by atoms with van der Waals surface area (Å²) in [7, 11) is 1.60. The number of phenolic OH excluding ortho intramolecular Hbond substituents is 2. The minimum absolute atomic E-state index is 0.0985. The molecule has 0 saturated heterocycles. The molecule has 18 heavy (non-hydrogen) atoms. The molecule has 98 valence electrons. The summed E-state index contributed by atoms with van der Waals surface area (Å²) in [6, 6.07) is 3.28. The lowest BCUT2D eigenvalue weighted by molar-refractivity contribution is -0.118. The minimum atomic E-state index is -0.554. The first kappa shape index (κ1) is 14.0. The van der Waals surface area contributed by atoms with Crippen LogP contribution in [0.4, 0.5) is 0 Å². The topological polar surface area (TPSA) is 113 Å². The predicted molar refractivity (Wildman–Crippen MR) is 65.4 cm³/mol. The lowest BCUT2D eigenvalue weighted by Crippen LogP contribution is -2.35. The van der Waals surface area contributed by atoms with Crippen LogP contribution in [0.15, 0.2) is 18.2 Å². The van der Waals surface area contributed by atoms with Crippen molar-refractivity contribution in [3.63, 3.8) is 0 Å². The largest absolute Gasteiger partial charge is 0.504 e. The van der Waals surface area contributed by atoms with Crippen LogP contribution < -0.4 is 11.1 Å². The molecule has 0 saturated carbocycles. The van der Waals surface area contributed by atoms with E-state index in [1.54, 1.807) is 7.05 Å². The maximum absolute atomic E-state index is 12.0. The number of likely N-dealkylation sites (N-methyl/N-ethyl adjacent to an activating group) is 1. The molecule has 1 atom stereocenters. The molecule has 0 aromatic heterocycles. The summed E-state index contributed by atoms with van der Waals surface area (Å²) in [5, 5.41) is 21.3. The van der Waals surface area contributed by atoms with E-state index >= 15 is 0 Å². The molecule has 1 amide bonds. The zero-order valence-electron chi connectivity index (χ0n) is 10.0. The van der Waals surface area contributed by atoms with Crippen molar-refractivity contribution in [3.8, 4) is 11.5 Å². The van der Waals surface area contributed by atoms with Crippen molar-refractivity contribution in [3.05, 3.63) is 23.8 Å². The first-order chi connectivity index (χ1) is 8.45. The van der Waals surface area contributed by atoms with Crippen LogP contribution >= 0.6 is 0 Å². The normalized spacial score (nSPS) is 12.1. The first-order valence-corrected chi connectivity index (χ1v) is 5.47. The van der Waals surface area contributed by atoms with Gasteiger partial charge in [0, 0.05) is 12.0 Å². The number of amides is 1. The molecule has 0 bridgehead atoms. The van der Waals surface area contributed by atoms with E-state index in [0.29, 0.717) is 0 Å². The molecule has 0 aliphatic carbocycles. The monoisotopic (exact) mass is 252 g/mol. The highest BCUT2D eigenvalue weighted by Crippen LogP contribution is 2.25. The van der Waals surface area contributed by atoms with Gasteiger partial charge in [-0.05, 0) is 31.7 Å². The third-order valence-electron chi connectivity index (χ3n) is 2.60. The van der Waals surface area contributed by atoms with Crippen molar-refractivity contribution in [1.29, 1.82) is 0 Å². The fraction of sp³-hybridized carbons (Fsp3) is 0.333. The number of nitrogens with two attached hydrogens (primary N) is 1. The summed E-state index contributed by atoms with van der Waals surface area (Å²) >= 11 is 0. The average molecular weight is 252 g/mol. The van der Waals surface area contributed by atoms with Crippen molar-refractivity contribution >= 4 is 11.7 Å². The molecule has 0 radical (unpaired) electrons. The van der Waals surface area contributed by atoms with E-state index in [2.05, 4.69) is 5.32 Å². The highest BCUT2D eigenvalue weighted by molar-refractivity contribution is 6.00. The molecule has 1 rings (SSSR count). The number of aromatic hydroxyl groups is 2. The van der Waals surface area contributed by atoms with Crippen LogP contribution in [-0.4, -0.2) is 35.0 Å². The van der Waals surface area contributed by atoms with Gasteiger partial charge in [-0.1, -0.05) is 0 Å². The highest BCUT2D eigenvalue weighted by atomic mass is 16.3. The van der Waals surface area contributed by atoms with Gasteiger partial charge < -0.3 is 21.3 Å². The molecule has 5 N–H and O–H groups in total. The van der Waals surface area contributed by atoms with Crippen LogP contribution in [0.25, 0.3) is 0 Å². The van der Waals surface area contributed by atoms with Gasteiger partial charge in [-0.3, -0.25) is 9.59 Å². The minimum Gasteiger partial charge on any atom is -0.504 e. The van der Waals surface area contributed by atoms with Gasteiger partial charge in [0.2, 0.25) is 5.91 Å². The van der Waals surface area contributed by atoms with E-state index in [0.717, 1.165) is 0 Å². The van der Waals surface area contributed by atoms with Crippen LogP contribution in [0.3, 0.4) is 0 Å². The number of benzene rings is 1. The molecule has 0 unspecified atom stereocenters. The fourth-order valence-corrected chi connectivity index (χ4v) is 1.57. The van der Waals surface area contributed by atoms with Gasteiger partial charge >= 0.3 is 0 Å². The maximum Gasteiger partial charge on any atom is 0.217 e. The van der Waals surface area contributed by atoms with Crippen molar-refractivity contribution < 1.29 is 19.8 Å². The number of hydrogen-bond donors (Lipinski definition) is 4. The van der Waals surface area contributed by atoms with E-state index in [1.165, 1.54) is 18.2 Å². The Morgan fingerprint density at radius 3 is 2.50 bits per heavy atom. The zero-order chi connectivity index (χ0) is 13.7. The number of primary amides is 1. The van der Waals surface area contributed by atoms with Gasteiger partial charge in [0.1, 0.15) is 0 Å². The fourth-order valence-electron chi connectivity index (χ4n) is 1.57. The van der Waals surface area contributed by atoms with E-state index in [-0.39, 0.29) is 35.7 Å². The number of Topliss-reactive ketones (excluding diaryl/α,β-unsaturated/α-hetero) is 1. The van der Waals surface area contributed by atoms with Crippen molar-refractivity contribution in [2.24, 2.45) is 5.73 Å². The molecule has 0 fully saturated rings. The Hall–Kier alpha value is -2.08. The Morgan fingerprint density at radius 1 is 1.33 bits per heavy atom. The number of ketones is 1. The van der Waals surface area contributed by atoms with E-state index in [1.807, 2.05) is 0 Å². The first-order valence-electron chi connectivity index (χ1n) is 5.47. The lowest BCUT2D eigenvalue weighted by Gasteiger charge is -2.14. The molecule has 1 aromatic rings. The summed E-state index contributed by atoms with van der Waals surface area (Å²) in [6.45, 7) is 0. The van der Waals surface area contributed by atoms with Crippen LogP contribution in [0.5, 0.6) is 11.5 Å².